The average Bonchev–Trinajstić information content (AvgIpc) is 2.96. The second kappa shape index (κ2) is 6.40. The Morgan fingerprint density at radius 2 is 1.88 bits per heavy atom. The van der Waals surface area contributed by atoms with Crippen LogP contribution in [0.15, 0.2) is 30.6 Å². The van der Waals surface area contributed by atoms with E-state index in [1.807, 2.05) is 49.4 Å². The molecule has 0 unspecified atom stereocenters. The quantitative estimate of drug-likeness (QED) is 0.718. The fraction of sp³-hybridized carbons (Fsp3) is 0.368. The number of aromatic nitrogens is 2. The minimum atomic E-state index is 0.183. The van der Waals surface area contributed by atoms with Gasteiger partial charge in [-0.1, -0.05) is 0 Å². The van der Waals surface area contributed by atoms with Gasteiger partial charge in [-0.15, -0.1) is 11.3 Å². The highest BCUT2D eigenvalue weighted by atomic mass is 32.1. The van der Waals surface area contributed by atoms with Crippen LogP contribution in [-0.2, 0) is 12.8 Å². The molecule has 4 nitrogen and oxygen atoms in total. The summed E-state index contributed by atoms with van der Waals surface area (Å²) in [6.45, 7) is 4.06. The van der Waals surface area contributed by atoms with E-state index in [1.54, 1.807) is 6.33 Å². The van der Waals surface area contributed by atoms with E-state index in [-0.39, 0.29) is 6.10 Å². The van der Waals surface area contributed by atoms with E-state index in [0.29, 0.717) is 0 Å². The standard InChI is InChI=1S/C19H21N3OS/c1-12(2)23-14-9-7-13(8-10-14)22-18-17-15-5-3-4-6-16(15)24-19(17)21-11-20-18/h7-12H,3-6H2,1-2H3,(H,20,21,22). The minimum Gasteiger partial charge on any atom is -0.491 e. The van der Waals surface area contributed by atoms with Crippen LogP contribution in [0.5, 0.6) is 5.75 Å². The number of thiophene rings is 1. The van der Waals surface area contributed by atoms with Gasteiger partial charge < -0.3 is 10.1 Å². The van der Waals surface area contributed by atoms with Gasteiger partial charge in [0.1, 0.15) is 22.7 Å². The number of rotatable bonds is 4. The third-order valence-corrected chi connectivity index (χ3v) is 5.44. The number of benzene rings is 1. The number of anilines is 2. The Morgan fingerprint density at radius 3 is 2.67 bits per heavy atom. The van der Waals surface area contributed by atoms with Crippen LogP contribution in [0.25, 0.3) is 10.2 Å². The largest absolute Gasteiger partial charge is 0.491 e. The molecule has 5 heteroatoms. The van der Waals surface area contributed by atoms with Crippen molar-refractivity contribution in [1.29, 1.82) is 0 Å². The van der Waals surface area contributed by atoms with Crippen LogP contribution in [0.4, 0.5) is 11.5 Å². The molecular weight excluding hydrogens is 318 g/mol. The SMILES string of the molecule is CC(C)Oc1ccc(Nc2ncnc3sc4c(c23)CCCC4)cc1. The molecule has 0 saturated heterocycles. The van der Waals surface area contributed by atoms with Crippen molar-refractivity contribution in [1.82, 2.24) is 9.97 Å². The van der Waals surface area contributed by atoms with Crippen molar-refractivity contribution in [2.24, 2.45) is 0 Å². The number of hydrogen-bond acceptors (Lipinski definition) is 5. The van der Waals surface area contributed by atoms with E-state index in [9.17, 15) is 0 Å². The maximum Gasteiger partial charge on any atom is 0.142 e. The van der Waals surface area contributed by atoms with E-state index < -0.39 is 0 Å². The Bertz CT molecular complexity index is 855. The van der Waals surface area contributed by atoms with Gasteiger partial charge in [0.15, 0.2) is 0 Å². The van der Waals surface area contributed by atoms with Gasteiger partial charge in [-0.3, -0.25) is 0 Å². The lowest BCUT2D eigenvalue weighted by atomic mass is 9.97. The Kier molecular flexibility index (Phi) is 4.10. The zero-order valence-corrected chi connectivity index (χ0v) is 14.8. The first kappa shape index (κ1) is 15.4. The molecule has 3 aromatic rings. The average molecular weight is 339 g/mol. The van der Waals surface area contributed by atoms with Gasteiger partial charge in [-0.05, 0) is 69.4 Å². The molecular formula is C19H21N3OS. The van der Waals surface area contributed by atoms with Crippen LogP contribution in [0.1, 0.15) is 37.1 Å². The number of nitrogens with one attached hydrogen (secondary N) is 1. The maximum absolute atomic E-state index is 5.70. The predicted molar refractivity (Wildman–Crippen MR) is 99.5 cm³/mol. The highest BCUT2D eigenvalue weighted by molar-refractivity contribution is 7.19. The van der Waals surface area contributed by atoms with E-state index >= 15 is 0 Å². The maximum atomic E-state index is 5.70. The molecule has 0 spiro atoms. The predicted octanol–water partition coefficient (Wildman–Crippen LogP) is 5.10. The summed E-state index contributed by atoms with van der Waals surface area (Å²) in [6.07, 6.45) is 6.70. The third kappa shape index (κ3) is 2.96. The van der Waals surface area contributed by atoms with Crippen LogP contribution >= 0.6 is 11.3 Å². The van der Waals surface area contributed by atoms with Crippen molar-refractivity contribution in [2.75, 3.05) is 5.32 Å². The Labute approximate surface area is 145 Å². The van der Waals surface area contributed by atoms with E-state index in [0.717, 1.165) is 28.5 Å². The molecule has 2 aromatic heterocycles. The Morgan fingerprint density at radius 1 is 1.08 bits per heavy atom. The first-order valence-corrected chi connectivity index (χ1v) is 9.31. The summed E-state index contributed by atoms with van der Waals surface area (Å²) < 4.78 is 5.70. The first-order valence-electron chi connectivity index (χ1n) is 8.49. The van der Waals surface area contributed by atoms with Crippen molar-refractivity contribution < 1.29 is 4.74 Å². The molecule has 1 aliphatic rings. The molecule has 0 radical (unpaired) electrons. The summed E-state index contributed by atoms with van der Waals surface area (Å²) in [5, 5.41) is 4.67. The number of nitrogens with zero attached hydrogens (tertiary/aromatic N) is 2. The molecule has 1 aromatic carbocycles. The molecule has 0 fully saturated rings. The van der Waals surface area contributed by atoms with Gasteiger partial charge in [0.25, 0.3) is 0 Å². The molecule has 1 N–H and O–H groups in total. The lowest BCUT2D eigenvalue weighted by Crippen LogP contribution is -2.05. The summed E-state index contributed by atoms with van der Waals surface area (Å²) in [4.78, 5) is 11.6. The molecule has 24 heavy (non-hydrogen) atoms. The van der Waals surface area contributed by atoms with Crippen LogP contribution in [0.3, 0.4) is 0 Å². The smallest absolute Gasteiger partial charge is 0.142 e. The molecule has 4 rings (SSSR count). The second-order valence-corrected chi connectivity index (χ2v) is 7.51. The summed E-state index contributed by atoms with van der Waals surface area (Å²) >= 11 is 1.82. The molecule has 0 aliphatic heterocycles. The van der Waals surface area contributed by atoms with Crippen molar-refractivity contribution in [3.8, 4) is 5.75 Å². The molecule has 124 valence electrons. The zero-order valence-electron chi connectivity index (χ0n) is 14.0. The highest BCUT2D eigenvalue weighted by Gasteiger charge is 2.19. The molecule has 0 saturated carbocycles. The number of ether oxygens (including phenoxy) is 1. The van der Waals surface area contributed by atoms with Gasteiger partial charge in [-0.2, -0.15) is 0 Å². The van der Waals surface area contributed by atoms with E-state index in [1.165, 1.54) is 35.1 Å². The molecule has 0 atom stereocenters. The first-order chi connectivity index (χ1) is 11.7. The monoisotopic (exact) mass is 339 g/mol. The van der Waals surface area contributed by atoms with E-state index in [4.69, 9.17) is 4.74 Å². The van der Waals surface area contributed by atoms with Gasteiger partial charge in [0.05, 0.1) is 11.5 Å². The van der Waals surface area contributed by atoms with E-state index in [2.05, 4.69) is 15.3 Å². The lowest BCUT2D eigenvalue weighted by Gasteiger charge is -2.13. The van der Waals surface area contributed by atoms with Gasteiger partial charge in [0.2, 0.25) is 0 Å². The number of aryl methyl sites for hydroxylation is 2. The third-order valence-electron chi connectivity index (χ3n) is 4.24. The van der Waals surface area contributed by atoms with Crippen LogP contribution < -0.4 is 10.1 Å². The minimum absolute atomic E-state index is 0.183. The normalized spacial score (nSPS) is 14.0. The Balaban J connectivity index is 1.66. The van der Waals surface area contributed by atoms with Gasteiger partial charge in [-0.25, -0.2) is 9.97 Å². The summed E-state index contributed by atoms with van der Waals surface area (Å²) in [7, 11) is 0. The summed E-state index contributed by atoms with van der Waals surface area (Å²) in [6, 6.07) is 8.04. The lowest BCUT2D eigenvalue weighted by molar-refractivity contribution is 0.242. The van der Waals surface area contributed by atoms with Crippen LogP contribution in [0, 0.1) is 0 Å². The fourth-order valence-corrected chi connectivity index (χ4v) is 4.44. The van der Waals surface area contributed by atoms with Crippen molar-refractivity contribution in [2.45, 2.75) is 45.6 Å². The highest BCUT2D eigenvalue weighted by Crippen LogP contribution is 2.38. The number of hydrogen-bond donors (Lipinski definition) is 1. The van der Waals surface area contributed by atoms with Gasteiger partial charge >= 0.3 is 0 Å². The summed E-state index contributed by atoms with van der Waals surface area (Å²) in [5.74, 6) is 1.80. The second-order valence-electron chi connectivity index (χ2n) is 6.43. The van der Waals surface area contributed by atoms with Crippen LogP contribution in [-0.4, -0.2) is 16.1 Å². The number of fused-ring (bicyclic) bond motifs is 3. The van der Waals surface area contributed by atoms with Crippen molar-refractivity contribution >= 4 is 33.1 Å². The molecule has 0 bridgehead atoms. The Hall–Kier alpha value is -2.14. The fourth-order valence-electron chi connectivity index (χ4n) is 3.21. The van der Waals surface area contributed by atoms with Crippen LogP contribution in [0.2, 0.25) is 0 Å². The molecule has 2 heterocycles. The van der Waals surface area contributed by atoms with Gasteiger partial charge in [0, 0.05) is 10.6 Å². The zero-order chi connectivity index (χ0) is 16.5. The van der Waals surface area contributed by atoms with Crippen molar-refractivity contribution in [3.05, 3.63) is 41.0 Å². The topological polar surface area (TPSA) is 47.0 Å². The molecule has 0 amide bonds. The summed E-state index contributed by atoms with van der Waals surface area (Å²) in [5.41, 5.74) is 2.46. The van der Waals surface area contributed by atoms with Crippen molar-refractivity contribution in [3.63, 3.8) is 0 Å². The molecule has 1 aliphatic carbocycles.